The van der Waals surface area contributed by atoms with Crippen LogP contribution in [0.4, 0.5) is 4.79 Å². The molecule has 0 spiro atoms. The second kappa shape index (κ2) is 11.6. The maximum atomic E-state index is 13.8. The summed E-state index contributed by atoms with van der Waals surface area (Å²) in [5.41, 5.74) is 2.29. The van der Waals surface area contributed by atoms with Gasteiger partial charge in [-0.15, -0.1) is 0 Å². The monoisotopic (exact) mass is 574 g/mol. The molecular weight excluding hydrogens is 532 g/mol. The van der Waals surface area contributed by atoms with Crippen molar-refractivity contribution in [2.75, 3.05) is 0 Å². The van der Waals surface area contributed by atoms with Gasteiger partial charge in [0.15, 0.2) is 8.32 Å². The van der Waals surface area contributed by atoms with Crippen molar-refractivity contribution in [2.45, 2.75) is 110 Å². The largest absolute Gasteiger partial charge is 0.478 e. The third-order valence-electron chi connectivity index (χ3n) is 7.76. The zero-order valence-corrected chi connectivity index (χ0v) is 26.4. The number of nitrogens with zero attached hydrogens (tertiary/aromatic N) is 2. The number of rotatable bonds is 7. The van der Waals surface area contributed by atoms with Crippen LogP contribution >= 0.6 is 11.6 Å². The van der Waals surface area contributed by atoms with Gasteiger partial charge in [-0.1, -0.05) is 44.5 Å². The van der Waals surface area contributed by atoms with Gasteiger partial charge < -0.3 is 14.3 Å². The Labute approximate surface area is 239 Å². The summed E-state index contributed by atoms with van der Waals surface area (Å²) in [6.07, 6.45) is 3.07. The first kappa shape index (κ1) is 31.1. The molecule has 39 heavy (non-hydrogen) atoms. The van der Waals surface area contributed by atoms with Gasteiger partial charge >= 0.3 is 12.1 Å². The van der Waals surface area contributed by atoms with Crippen LogP contribution in [0.25, 0.3) is 0 Å². The van der Waals surface area contributed by atoms with E-state index in [1.807, 2.05) is 50.8 Å². The molecule has 1 aromatic carbocycles. The summed E-state index contributed by atoms with van der Waals surface area (Å²) < 4.78 is 13.0. The van der Waals surface area contributed by atoms with Crippen molar-refractivity contribution in [3.63, 3.8) is 0 Å². The smallest absolute Gasteiger partial charge is 0.410 e. The van der Waals surface area contributed by atoms with Gasteiger partial charge in [-0.3, -0.25) is 4.90 Å². The van der Waals surface area contributed by atoms with Crippen molar-refractivity contribution in [3.05, 3.63) is 63.9 Å². The van der Waals surface area contributed by atoms with Gasteiger partial charge in [-0.25, -0.2) is 14.6 Å². The minimum atomic E-state index is -2.27. The highest BCUT2D eigenvalue weighted by Gasteiger charge is 2.48. The van der Waals surface area contributed by atoms with Crippen molar-refractivity contribution in [1.82, 2.24) is 9.88 Å². The van der Waals surface area contributed by atoms with Crippen LogP contribution in [-0.2, 0) is 15.6 Å². The van der Waals surface area contributed by atoms with Crippen molar-refractivity contribution >= 4 is 32.0 Å². The number of carbonyl (C=O) groups excluding carboxylic acids is 1. The topological polar surface area (TPSA) is 89.0 Å². The van der Waals surface area contributed by atoms with E-state index >= 15 is 0 Å². The summed E-state index contributed by atoms with van der Waals surface area (Å²) in [5, 5.41) is 9.69. The summed E-state index contributed by atoms with van der Waals surface area (Å²) in [6.45, 7) is 18.5. The number of carbonyl (C=O) groups is 2. The van der Waals surface area contributed by atoms with E-state index in [2.05, 4.69) is 38.8 Å². The second-order valence-electron chi connectivity index (χ2n) is 13.1. The number of aryl methyl sites for hydroxylation is 1. The van der Waals surface area contributed by atoms with E-state index in [9.17, 15) is 14.7 Å². The van der Waals surface area contributed by atoms with Crippen LogP contribution in [0.1, 0.15) is 87.5 Å². The van der Waals surface area contributed by atoms with Crippen LogP contribution < -0.4 is 0 Å². The number of hydrogen-bond acceptors (Lipinski definition) is 5. The van der Waals surface area contributed by atoms with Gasteiger partial charge in [-0.05, 0) is 94.4 Å². The third kappa shape index (κ3) is 7.61. The standard InChI is InChI=1S/C30H43ClN2O5Si/c1-19-16-22(18-32-26(19)31)25(38-39(8,9)30(5,6)7)24-15-14-23(33(24)28(36)37-29(2,3)4)17-20-10-12-21(13-11-20)27(34)35/h10-13,16,18,23-25H,14-15,17H2,1-9H3,(H,34,35). The lowest BCUT2D eigenvalue weighted by atomic mass is 10.0. The van der Waals surface area contributed by atoms with E-state index in [-0.39, 0.29) is 28.8 Å². The Kier molecular flexibility index (Phi) is 9.25. The zero-order valence-electron chi connectivity index (χ0n) is 24.7. The fourth-order valence-electron chi connectivity index (χ4n) is 4.66. The Bertz CT molecular complexity index is 1190. The molecule has 1 N–H and O–H groups in total. The third-order valence-corrected chi connectivity index (χ3v) is 12.6. The number of likely N-dealkylation sites (tertiary alicyclic amines) is 1. The van der Waals surface area contributed by atoms with Crippen molar-refractivity contribution < 1.29 is 23.9 Å². The molecule has 1 aliphatic heterocycles. The summed E-state index contributed by atoms with van der Waals surface area (Å²) in [7, 11) is -2.27. The Morgan fingerprint density at radius 2 is 1.74 bits per heavy atom. The van der Waals surface area contributed by atoms with Gasteiger partial charge in [0.05, 0.1) is 17.7 Å². The zero-order chi connectivity index (χ0) is 29.3. The van der Waals surface area contributed by atoms with E-state index in [1.165, 1.54) is 0 Å². The van der Waals surface area contributed by atoms with Crippen molar-refractivity contribution in [3.8, 4) is 0 Å². The molecule has 3 unspecified atom stereocenters. The van der Waals surface area contributed by atoms with Crippen LogP contribution in [0.3, 0.4) is 0 Å². The number of hydrogen-bond donors (Lipinski definition) is 1. The van der Waals surface area contributed by atoms with E-state index in [0.717, 1.165) is 29.5 Å². The lowest BCUT2D eigenvalue weighted by Crippen LogP contribution is -2.50. The molecular formula is C30H43ClN2O5Si. The number of aromatic carboxylic acids is 1. The van der Waals surface area contributed by atoms with E-state index < -0.39 is 26.0 Å². The Balaban J connectivity index is 2.05. The number of carboxylic acid groups (broad SMARTS) is 1. The fraction of sp³-hybridized carbons (Fsp3) is 0.567. The van der Waals surface area contributed by atoms with E-state index in [1.54, 1.807) is 18.3 Å². The van der Waals surface area contributed by atoms with Crippen molar-refractivity contribution in [1.29, 1.82) is 0 Å². The molecule has 3 atom stereocenters. The van der Waals surface area contributed by atoms with E-state index in [0.29, 0.717) is 11.6 Å². The summed E-state index contributed by atoms with van der Waals surface area (Å²) in [6, 6.07) is 8.46. The van der Waals surface area contributed by atoms with Gasteiger partial charge in [0, 0.05) is 17.8 Å². The molecule has 1 aliphatic rings. The van der Waals surface area contributed by atoms with Gasteiger partial charge in [0.25, 0.3) is 0 Å². The molecule has 1 amide bonds. The molecule has 2 aromatic rings. The first-order valence-corrected chi connectivity index (χ1v) is 16.8. The maximum absolute atomic E-state index is 13.8. The molecule has 1 aromatic heterocycles. The summed E-state index contributed by atoms with van der Waals surface area (Å²) in [5.74, 6) is -0.963. The predicted octanol–water partition coefficient (Wildman–Crippen LogP) is 7.82. The molecule has 3 rings (SSSR count). The number of benzene rings is 1. The molecule has 9 heteroatoms. The number of aromatic nitrogens is 1. The quantitative estimate of drug-likeness (QED) is 0.268. The number of carboxylic acids is 1. The van der Waals surface area contributed by atoms with Crippen LogP contribution in [0.2, 0.25) is 23.3 Å². The first-order chi connectivity index (χ1) is 17.9. The summed E-state index contributed by atoms with van der Waals surface area (Å²) in [4.78, 5) is 31.4. The van der Waals surface area contributed by atoms with Gasteiger partial charge in [0.2, 0.25) is 0 Å². The SMILES string of the molecule is Cc1cc(C(O[Si](C)(C)C(C)(C)C)C2CCC(Cc3ccc(C(=O)O)cc3)N2C(=O)OC(C)(C)C)cnc1Cl. The number of halogens is 1. The molecule has 2 heterocycles. The highest BCUT2D eigenvalue weighted by atomic mass is 35.5. The molecule has 0 saturated carbocycles. The average molecular weight is 575 g/mol. The van der Waals surface area contributed by atoms with Crippen LogP contribution in [0, 0.1) is 6.92 Å². The Morgan fingerprint density at radius 1 is 1.13 bits per heavy atom. The normalized spacial score (nSPS) is 19.2. The lowest BCUT2D eigenvalue weighted by molar-refractivity contribution is -0.00244. The molecule has 1 fully saturated rings. The Hall–Kier alpha value is -2.42. The minimum Gasteiger partial charge on any atom is -0.478 e. The van der Waals surface area contributed by atoms with E-state index in [4.69, 9.17) is 20.8 Å². The molecule has 214 valence electrons. The Morgan fingerprint density at radius 3 is 2.26 bits per heavy atom. The number of pyridine rings is 1. The highest BCUT2D eigenvalue weighted by Crippen LogP contribution is 2.44. The molecule has 1 saturated heterocycles. The molecule has 0 radical (unpaired) electrons. The molecule has 0 aliphatic carbocycles. The van der Waals surface area contributed by atoms with Gasteiger partial charge in [0.1, 0.15) is 10.8 Å². The summed E-state index contributed by atoms with van der Waals surface area (Å²) >= 11 is 6.28. The van der Waals surface area contributed by atoms with Crippen LogP contribution in [0.15, 0.2) is 36.5 Å². The molecule has 0 bridgehead atoms. The van der Waals surface area contributed by atoms with Crippen LogP contribution in [0.5, 0.6) is 0 Å². The van der Waals surface area contributed by atoms with Crippen LogP contribution in [-0.4, -0.2) is 53.1 Å². The number of ether oxygens (including phenoxy) is 1. The van der Waals surface area contributed by atoms with Crippen molar-refractivity contribution in [2.24, 2.45) is 0 Å². The first-order valence-electron chi connectivity index (χ1n) is 13.5. The molecule has 7 nitrogen and oxygen atoms in total. The second-order valence-corrected chi connectivity index (χ2v) is 18.2. The van der Waals surface area contributed by atoms with Gasteiger partial charge in [-0.2, -0.15) is 0 Å². The number of amides is 1. The fourth-order valence-corrected chi connectivity index (χ4v) is 6.05. The highest BCUT2D eigenvalue weighted by molar-refractivity contribution is 6.74. The lowest BCUT2D eigenvalue weighted by Gasteiger charge is -2.43. The minimum absolute atomic E-state index is 0.0409. The average Bonchev–Trinajstić information content (AvgIpc) is 3.21. The maximum Gasteiger partial charge on any atom is 0.410 e. The predicted molar refractivity (Wildman–Crippen MR) is 157 cm³/mol.